The number of H-pyrrole nitrogens is 2. The minimum atomic E-state index is -0.757. The zero-order valence-electron chi connectivity index (χ0n) is 14.2. The van der Waals surface area contributed by atoms with Crippen molar-refractivity contribution < 1.29 is 14.3 Å². The van der Waals surface area contributed by atoms with E-state index in [1.165, 1.54) is 7.11 Å². The molecule has 0 radical (unpaired) electrons. The lowest BCUT2D eigenvalue weighted by Gasteiger charge is -2.33. The summed E-state index contributed by atoms with van der Waals surface area (Å²) in [5, 5.41) is 2.99. The molecule has 2 aromatic rings. The second kappa shape index (κ2) is 7.67. The molecule has 0 unspecified atom stereocenters. The van der Waals surface area contributed by atoms with Gasteiger partial charge in [-0.3, -0.25) is 14.6 Å². The molecule has 26 heavy (non-hydrogen) atoms. The van der Waals surface area contributed by atoms with Crippen molar-refractivity contribution in [2.75, 3.05) is 25.6 Å². The van der Waals surface area contributed by atoms with E-state index in [0.29, 0.717) is 23.7 Å². The number of esters is 1. The van der Waals surface area contributed by atoms with Gasteiger partial charge in [0.15, 0.2) is 4.77 Å². The van der Waals surface area contributed by atoms with E-state index in [-0.39, 0.29) is 16.9 Å². The van der Waals surface area contributed by atoms with Crippen LogP contribution < -0.4 is 10.9 Å². The third kappa shape index (κ3) is 3.47. The van der Waals surface area contributed by atoms with Crippen LogP contribution in [0.4, 0.5) is 5.82 Å². The summed E-state index contributed by atoms with van der Waals surface area (Å²) in [6, 6.07) is 9.31. The number of fused-ring (bicyclic) bond motifs is 1. The smallest absolute Gasteiger partial charge is 0.315 e. The molecule has 8 heteroatoms. The molecule has 7 nitrogen and oxygen atoms in total. The van der Waals surface area contributed by atoms with Gasteiger partial charge >= 0.3 is 5.97 Å². The second-order valence-corrected chi connectivity index (χ2v) is 6.28. The number of anilines is 1. The van der Waals surface area contributed by atoms with E-state index in [4.69, 9.17) is 21.7 Å². The van der Waals surface area contributed by atoms with E-state index >= 15 is 0 Å². The normalized spacial score (nSPS) is 18.7. The average molecular weight is 373 g/mol. The lowest BCUT2D eigenvalue weighted by Crippen LogP contribution is -2.38. The molecule has 0 bridgehead atoms. The van der Waals surface area contributed by atoms with Gasteiger partial charge in [0.2, 0.25) is 0 Å². The van der Waals surface area contributed by atoms with Crippen LogP contribution in [0.15, 0.2) is 47.4 Å². The highest BCUT2D eigenvalue weighted by Crippen LogP contribution is 2.41. The predicted molar refractivity (Wildman–Crippen MR) is 99.6 cm³/mol. The number of hydrogen-bond acceptors (Lipinski definition) is 6. The number of aromatic nitrogens is 2. The highest BCUT2D eigenvalue weighted by molar-refractivity contribution is 7.71. The van der Waals surface area contributed by atoms with Gasteiger partial charge in [-0.2, -0.15) is 0 Å². The number of hydrogen-bond donors (Lipinski definition) is 3. The Morgan fingerprint density at radius 1 is 1.23 bits per heavy atom. The molecule has 1 aliphatic heterocycles. The minimum absolute atomic E-state index is 0.126. The Hall–Kier alpha value is -2.71. The summed E-state index contributed by atoms with van der Waals surface area (Å²) in [6.07, 6.45) is 0. The average Bonchev–Trinajstić information content (AvgIpc) is 2.61. The molecule has 1 aromatic heterocycles. The fourth-order valence-corrected chi connectivity index (χ4v) is 3.31. The Morgan fingerprint density at radius 3 is 2.65 bits per heavy atom. The van der Waals surface area contributed by atoms with Gasteiger partial charge in [-0.15, -0.1) is 0 Å². The first-order valence-corrected chi connectivity index (χ1v) is 8.46. The molecule has 1 aliphatic rings. The maximum absolute atomic E-state index is 12.7. The molecule has 0 spiro atoms. The molecular weight excluding hydrogens is 354 g/mol. The van der Waals surface area contributed by atoms with Crippen molar-refractivity contribution >= 4 is 24.0 Å². The first-order valence-electron chi connectivity index (χ1n) is 8.05. The molecule has 1 aromatic carbocycles. The zero-order chi connectivity index (χ0) is 18.7. The number of ether oxygens (including phenoxy) is 2. The maximum atomic E-state index is 12.7. The van der Waals surface area contributed by atoms with E-state index in [9.17, 15) is 9.59 Å². The summed E-state index contributed by atoms with van der Waals surface area (Å²) in [4.78, 5) is 30.9. The van der Waals surface area contributed by atoms with E-state index in [0.717, 1.165) is 5.56 Å². The Labute approximate surface area is 155 Å². The Morgan fingerprint density at radius 2 is 1.96 bits per heavy atom. The van der Waals surface area contributed by atoms with Gasteiger partial charge in [0.1, 0.15) is 18.3 Å². The molecule has 0 fully saturated rings. The Bertz CT molecular complexity index is 935. The first kappa shape index (κ1) is 18.1. The van der Waals surface area contributed by atoms with E-state index in [2.05, 4.69) is 21.9 Å². The topological polar surface area (TPSA) is 96.2 Å². The van der Waals surface area contributed by atoms with Crippen LogP contribution in [0.3, 0.4) is 0 Å². The van der Waals surface area contributed by atoms with Crippen LogP contribution in [0.5, 0.6) is 0 Å². The van der Waals surface area contributed by atoms with Crippen LogP contribution in [0.1, 0.15) is 17.0 Å². The maximum Gasteiger partial charge on any atom is 0.315 e. The van der Waals surface area contributed by atoms with Crippen molar-refractivity contribution in [2.24, 2.45) is 5.92 Å². The first-order chi connectivity index (χ1) is 12.5. The molecule has 0 aliphatic carbocycles. The third-order valence-corrected chi connectivity index (χ3v) is 4.43. The Balaban J connectivity index is 2.11. The lowest BCUT2D eigenvalue weighted by atomic mass is 9.77. The van der Waals surface area contributed by atoms with Crippen molar-refractivity contribution in [3.8, 4) is 0 Å². The molecule has 0 amide bonds. The summed E-state index contributed by atoms with van der Waals surface area (Å²) in [7, 11) is 1.53. The number of nitrogens with one attached hydrogen (secondary N) is 3. The standard InChI is InChI=1S/C18H19N3O4S/c1-10-12(17(23)25-9-8-24-2)13(11-6-4-3-5-7-11)14-15(19-10)20-18(26)21-16(14)22/h3-7,12-13H,1,8-9H2,2H3,(H3,19,20,21,22,26)/t12-,13+/m0/s1. The number of carbonyl (C=O) groups is 1. The van der Waals surface area contributed by atoms with Gasteiger partial charge in [-0.1, -0.05) is 36.9 Å². The zero-order valence-corrected chi connectivity index (χ0v) is 15.0. The van der Waals surface area contributed by atoms with Crippen molar-refractivity contribution in [1.82, 2.24) is 9.97 Å². The monoisotopic (exact) mass is 373 g/mol. The molecule has 3 rings (SSSR count). The minimum Gasteiger partial charge on any atom is -0.463 e. The van der Waals surface area contributed by atoms with Crippen molar-refractivity contribution in [3.63, 3.8) is 0 Å². The van der Waals surface area contributed by atoms with E-state index < -0.39 is 17.8 Å². The van der Waals surface area contributed by atoms with Gasteiger partial charge in [0, 0.05) is 18.7 Å². The van der Waals surface area contributed by atoms with Gasteiger partial charge in [0.25, 0.3) is 5.56 Å². The van der Waals surface area contributed by atoms with Gasteiger partial charge < -0.3 is 19.8 Å². The SMILES string of the molecule is C=C1Nc2[nH]c(=S)[nH]c(=O)c2[C@H](c2ccccc2)[C@H]1C(=O)OCCOC. The van der Waals surface area contributed by atoms with E-state index in [1.54, 1.807) is 0 Å². The van der Waals surface area contributed by atoms with Crippen LogP contribution in [0.2, 0.25) is 0 Å². The number of carbonyl (C=O) groups excluding carboxylic acids is 1. The molecule has 0 saturated carbocycles. The Kier molecular flexibility index (Phi) is 5.34. The second-order valence-electron chi connectivity index (χ2n) is 5.87. The molecule has 2 heterocycles. The van der Waals surface area contributed by atoms with Gasteiger partial charge in [-0.25, -0.2) is 0 Å². The summed E-state index contributed by atoms with van der Waals surface area (Å²) in [5.74, 6) is -1.34. The predicted octanol–water partition coefficient (Wildman–Crippen LogP) is 2.31. The van der Waals surface area contributed by atoms with Crippen LogP contribution >= 0.6 is 12.2 Å². The molecular formula is C18H19N3O4S. The summed E-state index contributed by atoms with van der Waals surface area (Å²) >= 11 is 5.04. The van der Waals surface area contributed by atoms with Crippen molar-refractivity contribution in [2.45, 2.75) is 5.92 Å². The number of methoxy groups -OCH3 is 1. The molecule has 136 valence electrons. The molecule has 0 saturated heterocycles. The lowest BCUT2D eigenvalue weighted by molar-refractivity contribution is -0.148. The largest absolute Gasteiger partial charge is 0.463 e. The van der Waals surface area contributed by atoms with Crippen LogP contribution in [-0.2, 0) is 14.3 Å². The summed E-state index contributed by atoms with van der Waals surface area (Å²) in [6.45, 7) is 4.39. The molecule has 2 atom stereocenters. The number of rotatable bonds is 5. The highest BCUT2D eigenvalue weighted by Gasteiger charge is 2.41. The fourth-order valence-electron chi connectivity index (χ4n) is 3.11. The highest BCUT2D eigenvalue weighted by atomic mass is 32.1. The number of aromatic amines is 2. The van der Waals surface area contributed by atoms with Crippen LogP contribution in [-0.4, -0.2) is 36.3 Å². The van der Waals surface area contributed by atoms with Gasteiger partial charge in [-0.05, 0) is 17.8 Å². The van der Waals surface area contributed by atoms with Crippen LogP contribution in [0, 0.1) is 10.7 Å². The fraction of sp³-hybridized carbons (Fsp3) is 0.278. The van der Waals surface area contributed by atoms with Crippen LogP contribution in [0.25, 0.3) is 0 Å². The number of benzene rings is 1. The molecule has 3 N–H and O–H groups in total. The van der Waals surface area contributed by atoms with Gasteiger partial charge in [0.05, 0.1) is 12.2 Å². The summed E-state index contributed by atoms with van der Waals surface area (Å²) < 4.78 is 10.4. The summed E-state index contributed by atoms with van der Waals surface area (Å²) in [5.41, 5.74) is 1.28. The quantitative estimate of drug-likeness (QED) is 0.423. The van der Waals surface area contributed by atoms with Crippen molar-refractivity contribution in [1.29, 1.82) is 0 Å². The third-order valence-electron chi connectivity index (χ3n) is 4.23. The van der Waals surface area contributed by atoms with Crippen molar-refractivity contribution in [3.05, 3.63) is 68.9 Å². The van der Waals surface area contributed by atoms with E-state index in [1.807, 2.05) is 30.3 Å².